The molecule has 0 aromatic heterocycles. The fraction of sp³-hybridized carbons (Fsp3) is 0.100. The molecule has 4 aromatic carbocycles. The Morgan fingerprint density at radius 3 is 1.65 bits per heavy atom. The minimum Gasteiger partial charge on any atom is -0.474 e. The molecule has 5 rings (SSSR count). The Labute approximate surface area is 233 Å². The van der Waals surface area contributed by atoms with Crippen molar-refractivity contribution < 1.29 is 26.4 Å². The molecule has 0 aliphatic carbocycles. The van der Waals surface area contributed by atoms with Crippen molar-refractivity contribution in [2.75, 3.05) is 11.2 Å². The summed E-state index contributed by atoms with van der Waals surface area (Å²) in [6, 6.07) is 31.5. The second-order valence-corrected chi connectivity index (χ2v) is 12.9. The number of hydrogen-bond acceptors (Lipinski definition) is 6. The van der Waals surface area contributed by atoms with Crippen LogP contribution in [-0.4, -0.2) is 29.0 Å². The Hall–Kier alpha value is -4.25. The topological polar surface area (TPSA) is 124 Å². The first-order chi connectivity index (χ1) is 19.1. The zero-order valence-corrected chi connectivity index (χ0v) is 23.0. The number of anilines is 1. The van der Waals surface area contributed by atoms with Crippen LogP contribution in [0.1, 0.15) is 28.8 Å². The van der Waals surface area contributed by atoms with Crippen molar-refractivity contribution in [3.8, 4) is 0 Å². The summed E-state index contributed by atoms with van der Waals surface area (Å²) in [7, 11) is -7.97. The van der Waals surface area contributed by atoms with Gasteiger partial charge in [0.15, 0.2) is 9.84 Å². The smallest absolute Gasteiger partial charge is 0.295 e. The van der Waals surface area contributed by atoms with Gasteiger partial charge in [-0.05, 0) is 41.0 Å². The van der Waals surface area contributed by atoms with E-state index in [1.165, 1.54) is 29.2 Å². The lowest BCUT2D eigenvalue weighted by atomic mass is 10.0. The number of sulfonamides is 1. The first kappa shape index (κ1) is 27.3. The molecule has 0 unspecified atom stereocenters. The van der Waals surface area contributed by atoms with Gasteiger partial charge in [-0.2, -0.15) is 0 Å². The van der Waals surface area contributed by atoms with Crippen LogP contribution < -0.4 is 10.0 Å². The fourth-order valence-corrected chi connectivity index (χ4v) is 6.39. The van der Waals surface area contributed by atoms with Crippen LogP contribution in [0, 0.1) is 0 Å². The first-order valence-electron chi connectivity index (χ1n) is 12.3. The molecule has 0 fully saturated rings. The average molecular weight is 575 g/mol. The van der Waals surface area contributed by atoms with Gasteiger partial charge in [0.1, 0.15) is 17.1 Å². The highest BCUT2D eigenvalue weighted by atomic mass is 32.2. The minimum absolute atomic E-state index is 0.139. The quantitative estimate of drug-likeness (QED) is 0.331. The summed E-state index contributed by atoms with van der Waals surface area (Å²) < 4.78 is 56.8. The molecule has 1 amide bonds. The summed E-state index contributed by atoms with van der Waals surface area (Å²) in [6.07, 6.45) is 0.266. The predicted molar refractivity (Wildman–Crippen MR) is 152 cm³/mol. The molecular weight excluding hydrogens is 548 g/mol. The zero-order chi connectivity index (χ0) is 28.5. The molecular formula is C30H26N2O6S2. The maximum atomic E-state index is 14.2. The predicted octanol–water partition coefficient (Wildman–Crippen LogP) is 4.48. The van der Waals surface area contributed by atoms with Crippen LogP contribution in [0.2, 0.25) is 0 Å². The standard InChI is InChI=1S/C30H26N2O6S2/c1-39(34,35)29-26(21-11-5-2-6-12-21)32(24-17-19-25(20-18-24)40(31,36)37)30(33)28(29)38-27(22-13-7-3-8-14-22)23-15-9-4-10-16-23/h2-20,26-27H,1H3,(H2,31,36,37)/t26-/m0/s1. The maximum absolute atomic E-state index is 14.2. The monoisotopic (exact) mass is 574 g/mol. The molecule has 1 heterocycles. The van der Waals surface area contributed by atoms with Crippen LogP contribution in [-0.2, 0) is 29.4 Å². The van der Waals surface area contributed by atoms with E-state index in [0.29, 0.717) is 5.56 Å². The van der Waals surface area contributed by atoms with Gasteiger partial charge in [-0.15, -0.1) is 0 Å². The Kier molecular flexibility index (Phi) is 7.33. The Balaban J connectivity index is 1.70. The second kappa shape index (κ2) is 10.7. The van der Waals surface area contributed by atoms with Crippen LogP contribution in [0.3, 0.4) is 0 Å². The van der Waals surface area contributed by atoms with Crippen LogP contribution in [0.4, 0.5) is 5.69 Å². The summed E-state index contributed by atoms with van der Waals surface area (Å²) in [4.78, 5) is 15.1. The molecule has 1 aliphatic rings. The molecule has 0 saturated carbocycles. The van der Waals surface area contributed by atoms with Gasteiger partial charge in [0, 0.05) is 11.9 Å². The van der Waals surface area contributed by atoms with Gasteiger partial charge in [0.2, 0.25) is 15.8 Å². The number of primary sulfonamides is 1. The highest BCUT2D eigenvalue weighted by Crippen LogP contribution is 2.45. The number of amides is 1. The van der Waals surface area contributed by atoms with Crippen molar-refractivity contribution in [2.45, 2.75) is 17.0 Å². The van der Waals surface area contributed by atoms with Gasteiger partial charge in [-0.3, -0.25) is 9.69 Å². The van der Waals surface area contributed by atoms with Crippen molar-refractivity contribution in [3.63, 3.8) is 0 Å². The van der Waals surface area contributed by atoms with Gasteiger partial charge in [0.25, 0.3) is 5.91 Å². The molecule has 4 aromatic rings. The van der Waals surface area contributed by atoms with E-state index in [9.17, 15) is 21.6 Å². The second-order valence-electron chi connectivity index (χ2n) is 9.31. The fourth-order valence-electron chi connectivity index (χ4n) is 4.75. The van der Waals surface area contributed by atoms with Gasteiger partial charge >= 0.3 is 0 Å². The van der Waals surface area contributed by atoms with Crippen molar-refractivity contribution in [2.24, 2.45) is 5.14 Å². The number of rotatable bonds is 8. The van der Waals surface area contributed by atoms with E-state index in [1.54, 1.807) is 30.3 Å². The number of carbonyl (C=O) groups is 1. The zero-order valence-electron chi connectivity index (χ0n) is 21.4. The Bertz CT molecular complexity index is 1730. The summed E-state index contributed by atoms with van der Waals surface area (Å²) >= 11 is 0. The molecule has 8 nitrogen and oxygen atoms in total. The van der Waals surface area contributed by atoms with Gasteiger partial charge in [-0.25, -0.2) is 22.0 Å². The summed E-state index contributed by atoms with van der Waals surface area (Å²) in [5, 5.41) is 5.26. The molecule has 2 N–H and O–H groups in total. The van der Waals surface area contributed by atoms with Crippen molar-refractivity contribution >= 4 is 31.5 Å². The largest absolute Gasteiger partial charge is 0.474 e. The van der Waals surface area contributed by atoms with Crippen molar-refractivity contribution in [3.05, 3.63) is 143 Å². The molecule has 0 saturated heterocycles. The van der Waals surface area contributed by atoms with Crippen LogP contribution >= 0.6 is 0 Å². The van der Waals surface area contributed by atoms with E-state index in [0.717, 1.165) is 17.4 Å². The molecule has 1 aliphatic heterocycles. The summed E-state index contributed by atoms with van der Waals surface area (Å²) in [5.41, 5.74) is 2.28. The van der Waals surface area contributed by atoms with E-state index >= 15 is 0 Å². The maximum Gasteiger partial charge on any atom is 0.295 e. The molecule has 204 valence electrons. The van der Waals surface area contributed by atoms with Crippen LogP contribution in [0.5, 0.6) is 0 Å². The highest BCUT2D eigenvalue weighted by Gasteiger charge is 2.47. The number of sulfone groups is 1. The lowest BCUT2D eigenvalue weighted by Crippen LogP contribution is -2.31. The first-order valence-corrected chi connectivity index (χ1v) is 15.7. The lowest BCUT2D eigenvalue weighted by molar-refractivity contribution is -0.118. The van der Waals surface area contributed by atoms with E-state index in [2.05, 4.69) is 0 Å². The van der Waals surface area contributed by atoms with Crippen molar-refractivity contribution in [1.82, 2.24) is 0 Å². The Morgan fingerprint density at radius 2 is 1.20 bits per heavy atom. The number of carbonyl (C=O) groups excluding carboxylic acids is 1. The molecule has 0 radical (unpaired) electrons. The number of nitrogens with two attached hydrogens (primary N) is 1. The number of nitrogens with zero attached hydrogens (tertiary/aromatic N) is 1. The van der Waals surface area contributed by atoms with Gasteiger partial charge in [0.05, 0.1) is 4.90 Å². The average Bonchev–Trinajstić information content (AvgIpc) is 3.25. The number of benzene rings is 4. The van der Waals surface area contributed by atoms with E-state index in [1.807, 2.05) is 60.7 Å². The van der Waals surface area contributed by atoms with Crippen LogP contribution in [0.25, 0.3) is 0 Å². The minimum atomic E-state index is -3.99. The van der Waals surface area contributed by atoms with E-state index in [4.69, 9.17) is 9.88 Å². The van der Waals surface area contributed by atoms with E-state index in [-0.39, 0.29) is 21.2 Å². The highest BCUT2D eigenvalue weighted by molar-refractivity contribution is 7.94. The SMILES string of the molecule is CS(=O)(=O)C1=C(OC(c2ccccc2)c2ccccc2)C(=O)N(c2ccc(S(N)(=O)=O)cc2)[C@H]1c1ccccc1. The van der Waals surface area contributed by atoms with Crippen LogP contribution in [0.15, 0.2) is 131 Å². The number of ether oxygens (including phenoxy) is 1. The van der Waals surface area contributed by atoms with E-state index < -0.39 is 37.9 Å². The molecule has 10 heteroatoms. The molecule has 1 atom stereocenters. The normalized spacial score (nSPS) is 16.0. The third-order valence-electron chi connectivity index (χ3n) is 6.54. The lowest BCUT2D eigenvalue weighted by Gasteiger charge is -2.27. The third kappa shape index (κ3) is 5.42. The molecule has 0 bridgehead atoms. The molecule has 0 spiro atoms. The van der Waals surface area contributed by atoms with Gasteiger partial charge < -0.3 is 4.74 Å². The third-order valence-corrected chi connectivity index (χ3v) is 8.68. The van der Waals surface area contributed by atoms with Gasteiger partial charge in [-0.1, -0.05) is 91.0 Å². The van der Waals surface area contributed by atoms with Crippen molar-refractivity contribution in [1.29, 1.82) is 0 Å². The molecule has 40 heavy (non-hydrogen) atoms. The Morgan fingerprint density at radius 1 is 0.725 bits per heavy atom. The number of hydrogen-bond donors (Lipinski definition) is 1. The summed E-state index contributed by atoms with van der Waals surface area (Å²) in [5.74, 6) is -0.973. The summed E-state index contributed by atoms with van der Waals surface area (Å²) in [6.45, 7) is 0.